The summed E-state index contributed by atoms with van der Waals surface area (Å²) in [7, 11) is 0. The highest BCUT2D eigenvalue weighted by atomic mass is 15.0. The molecule has 1 aromatic carbocycles. The van der Waals surface area contributed by atoms with Crippen LogP contribution in [0.2, 0.25) is 0 Å². The number of benzene rings is 1. The number of aliphatic imine (C=N–C) groups is 1. The molecule has 0 saturated carbocycles. The highest BCUT2D eigenvalue weighted by Gasteiger charge is 2.12. The number of nitrogens with zero attached hydrogens (tertiary/aromatic N) is 1. The summed E-state index contributed by atoms with van der Waals surface area (Å²) in [6.07, 6.45) is 3.57. The van der Waals surface area contributed by atoms with E-state index in [0.29, 0.717) is 0 Å². The van der Waals surface area contributed by atoms with Crippen molar-refractivity contribution in [3.05, 3.63) is 48.3 Å². The minimum absolute atomic E-state index is 0.922. The fourth-order valence-corrected chi connectivity index (χ4v) is 1.02. The summed E-state index contributed by atoms with van der Waals surface area (Å²) >= 11 is 0. The average Bonchev–Trinajstić information content (AvgIpc) is 2.58. The SMILES string of the molecule is C1=CNC(c2ccccc2)=[N+]1. The van der Waals surface area contributed by atoms with Gasteiger partial charge in [-0.2, -0.15) is 0 Å². The summed E-state index contributed by atoms with van der Waals surface area (Å²) < 4.78 is 0. The molecule has 1 aromatic rings. The van der Waals surface area contributed by atoms with Crippen molar-refractivity contribution in [3.63, 3.8) is 0 Å². The zero-order valence-corrected chi connectivity index (χ0v) is 5.99. The minimum atomic E-state index is 0.922. The molecule has 0 unspecified atom stereocenters. The molecular weight excluding hydrogens is 136 g/mol. The molecule has 0 saturated heterocycles. The van der Waals surface area contributed by atoms with E-state index in [1.165, 1.54) is 0 Å². The predicted octanol–water partition coefficient (Wildman–Crippen LogP) is 0.843. The number of rotatable bonds is 1. The molecule has 0 aromatic heterocycles. The van der Waals surface area contributed by atoms with Gasteiger partial charge >= 0.3 is 5.84 Å². The van der Waals surface area contributed by atoms with E-state index >= 15 is 0 Å². The third-order valence-electron chi connectivity index (χ3n) is 1.55. The third-order valence-corrected chi connectivity index (χ3v) is 1.55. The van der Waals surface area contributed by atoms with Crippen molar-refractivity contribution in [2.45, 2.75) is 0 Å². The van der Waals surface area contributed by atoms with E-state index in [1.807, 2.05) is 36.5 Å². The van der Waals surface area contributed by atoms with Gasteiger partial charge in [0.15, 0.2) is 6.20 Å². The Kier molecular flexibility index (Phi) is 1.44. The van der Waals surface area contributed by atoms with Crippen LogP contribution in [0.3, 0.4) is 0 Å². The Bertz CT molecular complexity index is 299. The summed E-state index contributed by atoms with van der Waals surface area (Å²) in [5.41, 5.74) is 1.12. The van der Waals surface area contributed by atoms with Crippen LogP contribution in [0, 0.1) is 0 Å². The molecule has 0 amide bonds. The Balaban J connectivity index is 2.31. The van der Waals surface area contributed by atoms with Gasteiger partial charge in [-0.3, -0.25) is 0 Å². The normalized spacial score (nSPS) is 14.4. The first-order valence-corrected chi connectivity index (χ1v) is 3.51. The molecule has 53 valence electrons. The molecule has 2 nitrogen and oxygen atoms in total. The van der Waals surface area contributed by atoms with Crippen LogP contribution in [0.4, 0.5) is 0 Å². The topological polar surface area (TPSA) is 26.1 Å². The van der Waals surface area contributed by atoms with Gasteiger partial charge in [0.05, 0.1) is 5.56 Å². The van der Waals surface area contributed by atoms with E-state index < -0.39 is 0 Å². The lowest BCUT2D eigenvalue weighted by molar-refractivity contribution is 1.30. The van der Waals surface area contributed by atoms with Gasteiger partial charge in [-0.15, -0.1) is 0 Å². The van der Waals surface area contributed by atoms with Gasteiger partial charge in [0, 0.05) is 0 Å². The van der Waals surface area contributed by atoms with Crippen molar-refractivity contribution in [1.29, 1.82) is 0 Å². The van der Waals surface area contributed by atoms with E-state index in [1.54, 1.807) is 6.20 Å². The summed E-state index contributed by atoms with van der Waals surface area (Å²) in [4.78, 5) is 4.13. The second-order valence-corrected chi connectivity index (χ2v) is 2.30. The van der Waals surface area contributed by atoms with E-state index in [0.717, 1.165) is 11.4 Å². The fourth-order valence-electron chi connectivity index (χ4n) is 1.02. The smallest absolute Gasteiger partial charge is 0.240 e. The first kappa shape index (κ1) is 6.16. The Morgan fingerprint density at radius 2 is 1.91 bits per heavy atom. The zero-order valence-electron chi connectivity index (χ0n) is 5.99. The highest BCUT2D eigenvalue weighted by Crippen LogP contribution is 1.98. The summed E-state index contributed by atoms with van der Waals surface area (Å²) in [5.74, 6) is 0.922. The fraction of sp³-hybridized carbons (Fsp3) is 0. The number of amidine groups is 1. The van der Waals surface area contributed by atoms with Crippen molar-refractivity contribution in [2.75, 3.05) is 0 Å². The zero-order chi connectivity index (χ0) is 7.52. The molecule has 2 rings (SSSR count). The molecule has 0 spiro atoms. The molecule has 0 fully saturated rings. The van der Waals surface area contributed by atoms with Gasteiger partial charge in [-0.25, -0.2) is 5.32 Å². The lowest BCUT2D eigenvalue weighted by Gasteiger charge is -1.90. The van der Waals surface area contributed by atoms with Crippen molar-refractivity contribution >= 4 is 5.84 Å². The van der Waals surface area contributed by atoms with Crippen LogP contribution in [-0.2, 0) is 0 Å². The molecule has 11 heavy (non-hydrogen) atoms. The maximum Gasteiger partial charge on any atom is 0.328 e. The summed E-state index contributed by atoms with van der Waals surface area (Å²) in [5, 5.41) is 3.04. The van der Waals surface area contributed by atoms with Crippen LogP contribution in [0.1, 0.15) is 5.56 Å². The van der Waals surface area contributed by atoms with Crippen LogP contribution in [-0.4, -0.2) is 5.84 Å². The molecule has 0 bridgehead atoms. The lowest BCUT2D eigenvalue weighted by atomic mass is 10.2. The summed E-state index contributed by atoms with van der Waals surface area (Å²) in [6, 6.07) is 10.0. The lowest BCUT2D eigenvalue weighted by Crippen LogP contribution is -2.17. The number of nitrogens with one attached hydrogen (secondary N) is 1. The van der Waals surface area contributed by atoms with Crippen LogP contribution in [0.25, 0.3) is 0 Å². The largest absolute Gasteiger partial charge is 0.328 e. The molecule has 0 aliphatic carbocycles. The second kappa shape index (κ2) is 2.58. The van der Waals surface area contributed by atoms with Crippen molar-refractivity contribution in [3.8, 4) is 0 Å². The molecule has 0 atom stereocenters. The van der Waals surface area contributed by atoms with E-state index in [9.17, 15) is 0 Å². The quantitative estimate of drug-likeness (QED) is 0.621. The van der Waals surface area contributed by atoms with E-state index in [4.69, 9.17) is 0 Å². The minimum Gasteiger partial charge on any atom is -0.240 e. The summed E-state index contributed by atoms with van der Waals surface area (Å²) in [6.45, 7) is 0. The predicted molar refractivity (Wildman–Crippen MR) is 45.0 cm³/mol. The molecule has 1 aliphatic heterocycles. The molecule has 1 radical (unpaired) electrons. The Morgan fingerprint density at radius 1 is 1.09 bits per heavy atom. The van der Waals surface area contributed by atoms with Gasteiger partial charge in [0.2, 0.25) is 0 Å². The Hall–Kier alpha value is -1.57. The van der Waals surface area contributed by atoms with Gasteiger partial charge in [0.25, 0.3) is 0 Å². The van der Waals surface area contributed by atoms with Crippen molar-refractivity contribution < 1.29 is 0 Å². The second-order valence-electron chi connectivity index (χ2n) is 2.30. The van der Waals surface area contributed by atoms with Crippen LogP contribution < -0.4 is 10.3 Å². The molecule has 1 N–H and O–H groups in total. The molecular formula is C9H8N2+. The monoisotopic (exact) mass is 144 g/mol. The molecule has 2 heteroatoms. The standard InChI is InChI=1S/C9H8N2/c1-2-4-8(5-3-1)9-10-6-7-11-9/h1-7,10H/q+1. The average molecular weight is 144 g/mol. The molecule has 1 heterocycles. The maximum absolute atomic E-state index is 4.13. The Labute approximate surface area is 65.3 Å². The first-order valence-electron chi connectivity index (χ1n) is 3.51. The van der Waals surface area contributed by atoms with Crippen LogP contribution in [0.5, 0.6) is 0 Å². The van der Waals surface area contributed by atoms with E-state index in [-0.39, 0.29) is 0 Å². The van der Waals surface area contributed by atoms with Gasteiger partial charge in [-0.05, 0) is 17.1 Å². The van der Waals surface area contributed by atoms with Gasteiger partial charge in [-0.1, -0.05) is 18.2 Å². The van der Waals surface area contributed by atoms with Crippen molar-refractivity contribution in [2.24, 2.45) is 0 Å². The van der Waals surface area contributed by atoms with Crippen molar-refractivity contribution in [1.82, 2.24) is 10.3 Å². The highest BCUT2D eigenvalue weighted by molar-refractivity contribution is 5.99. The Morgan fingerprint density at radius 3 is 2.55 bits per heavy atom. The van der Waals surface area contributed by atoms with E-state index in [2.05, 4.69) is 10.3 Å². The van der Waals surface area contributed by atoms with Crippen LogP contribution >= 0.6 is 0 Å². The maximum atomic E-state index is 4.13. The van der Waals surface area contributed by atoms with Gasteiger partial charge in [0.1, 0.15) is 6.20 Å². The number of hydrogen-bond acceptors (Lipinski definition) is 2. The third kappa shape index (κ3) is 1.15. The molecule has 1 aliphatic rings. The number of hydrogen-bond donors (Lipinski definition) is 1. The van der Waals surface area contributed by atoms with Crippen LogP contribution in [0.15, 0.2) is 42.7 Å². The first-order chi connectivity index (χ1) is 5.47. The van der Waals surface area contributed by atoms with Gasteiger partial charge < -0.3 is 0 Å².